The van der Waals surface area contributed by atoms with Gasteiger partial charge >= 0.3 is 0 Å². The van der Waals surface area contributed by atoms with Crippen molar-refractivity contribution in [3.05, 3.63) is 66.0 Å². The Morgan fingerprint density at radius 2 is 1.55 bits per heavy atom. The summed E-state index contributed by atoms with van der Waals surface area (Å²) in [7, 11) is 0. The molecule has 2 fully saturated rings. The van der Waals surface area contributed by atoms with Gasteiger partial charge in [0, 0.05) is 18.6 Å². The minimum Gasteiger partial charge on any atom is -0.378 e. The lowest BCUT2D eigenvalue weighted by Crippen LogP contribution is -2.43. The van der Waals surface area contributed by atoms with Crippen LogP contribution in [0.2, 0.25) is 0 Å². The van der Waals surface area contributed by atoms with Gasteiger partial charge in [-0.25, -0.2) is 13.8 Å². The zero-order valence-corrected chi connectivity index (χ0v) is 21.2. The van der Waals surface area contributed by atoms with Crippen molar-refractivity contribution in [3.8, 4) is 5.95 Å². The van der Waals surface area contributed by atoms with Crippen LogP contribution in [0.25, 0.3) is 17.0 Å². The zero-order chi connectivity index (χ0) is 26.0. The van der Waals surface area contributed by atoms with Crippen molar-refractivity contribution in [1.29, 1.82) is 0 Å². The standard InChI is InChI=1S/C28H31F2N7O/c29-23(30)24-31-21-11-5-6-12-22(21)37(24)27-33-25(32-26(34-27)36-15-17-38-18-16-36)35-28(13-7-2-8-14-28)19-20-9-3-1-4-10-20/h1,3-6,9-12,23H,2,7-8,13-19H2,(H,32,33,34,35). The predicted molar refractivity (Wildman–Crippen MR) is 142 cm³/mol. The lowest BCUT2D eigenvalue weighted by Gasteiger charge is -2.38. The van der Waals surface area contributed by atoms with Crippen LogP contribution >= 0.6 is 0 Å². The number of imidazole rings is 1. The highest BCUT2D eigenvalue weighted by atomic mass is 19.3. The van der Waals surface area contributed by atoms with Crippen molar-refractivity contribution in [1.82, 2.24) is 24.5 Å². The molecule has 6 rings (SSSR count). The van der Waals surface area contributed by atoms with E-state index in [2.05, 4.69) is 34.6 Å². The Labute approximate surface area is 220 Å². The van der Waals surface area contributed by atoms with Gasteiger partial charge < -0.3 is 15.0 Å². The molecule has 10 heteroatoms. The van der Waals surface area contributed by atoms with Gasteiger partial charge in [0.15, 0.2) is 5.82 Å². The smallest absolute Gasteiger partial charge is 0.296 e. The van der Waals surface area contributed by atoms with Gasteiger partial charge in [0.05, 0.1) is 24.2 Å². The van der Waals surface area contributed by atoms with E-state index in [-0.39, 0.29) is 17.3 Å². The van der Waals surface area contributed by atoms with E-state index in [0.29, 0.717) is 49.2 Å². The molecule has 1 aliphatic carbocycles. The summed E-state index contributed by atoms with van der Waals surface area (Å²) in [5.41, 5.74) is 2.01. The largest absolute Gasteiger partial charge is 0.378 e. The number of fused-ring (bicyclic) bond motifs is 1. The molecule has 0 atom stereocenters. The topological polar surface area (TPSA) is 81.0 Å². The molecule has 1 N–H and O–H groups in total. The molecular weight excluding hydrogens is 488 g/mol. The van der Waals surface area contributed by atoms with E-state index in [4.69, 9.17) is 19.7 Å². The zero-order valence-electron chi connectivity index (χ0n) is 21.2. The number of benzene rings is 2. The van der Waals surface area contributed by atoms with Crippen molar-refractivity contribution in [3.63, 3.8) is 0 Å². The fourth-order valence-corrected chi connectivity index (χ4v) is 5.61. The monoisotopic (exact) mass is 519 g/mol. The van der Waals surface area contributed by atoms with E-state index in [1.165, 1.54) is 16.6 Å². The summed E-state index contributed by atoms with van der Waals surface area (Å²) in [4.78, 5) is 20.5. The molecule has 0 unspecified atom stereocenters. The number of rotatable bonds is 7. The first kappa shape index (κ1) is 24.7. The highest BCUT2D eigenvalue weighted by Crippen LogP contribution is 2.35. The van der Waals surface area contributed by atoms with Crippen molar-refractivity contribution < 1.29 is 13.5 Å². The van der Waals surface area contributed by atoms with Crippen LogP contribution in [0.5, 0.6) is 0 Å². The van der Waals surface area contributed by atoms with Crippen LogP contribution in [-0.4, -0.2) is 56.3 Å². The number of hydrogen-bond donors (Lipinski definition) is 1. The van der Waals surface area contributed by atoms with Crippen LogP contribution in [-0.2, 0) is 11.2 Å². The average Bonchev–Trinajstić information content (AvgIpc) is 3.35. The number of ether oxygens (including phenoxy) is 1. The van der Waals surface area contributed by atoms with Gasteiger partial charge in [-0.2, -0.15) is 15.0 Å². The first-order valence-electron chi connectivity index (χ1n) is 13.3. The second-order valence-electron chi connectivity index (χ2n) is 10.1. The maximum Gasteiger partial charge on any atom is 0.296 e. The molecule has 1 saturated carbocycles. The van der Waals surface area contributed by atoms with Gasteiger partial charge in [0.25, 0.3) is 6.43 Å². The van der Waals surface area contributed by atoms with Crippen LogP contribution in [0.3, 0.4) is 0 Å². The number of morpholine rings is 1. The lowest BCUT2D eigenvalue weighted by atomic mass is 9.77. The fourth-order valence-electron chi connectivity index (χ4n) is 5.61. The highest BCUT2D eigenvalue weighted by Gasteiger charge is 2.34. The van der Waals surface area contributed by atoms with E-state index in [0.717, 1.165) is 32.1 Å². The van der Waals surface area contributed by atoms with Crippen LogP contribution < -0.4 is 10.2 Å². The van der Waals surface area contributed by atoms with Crippen LogP contribution in [0.15, 0.2) is 54.6 Å². The second kappa shape index (κ2) is 10.6. The number of para-hydroxylation sites is 2. The third-order valence-electron chi connectivity index (χ3n) is 7.46. The van der Waals surface area contributed by atoms with Crippen molar-refractivity contribution in [2.24, 2.45) is 0 Å². The molecule has 0 amide bonds. The molecule has 3 heterocycles. The van der Waals surface area contributed by atoms with Gasteiger partial charge in [-0.15, -0.1) is 0 Å². The second-order valence-corrected chi connectivity index (χ2v) is 10.1. The number of hydrogen-bond acceptors (Lipinski definition) is 7. The fraction of sp³-hybridized carbons (Fsp3) is 0.429. The molecule has 1 saturated heterocycles. The molecule has 2 aromatic heterocycles. The highest BCUT2D eigenvalue weighted by molar-refractivity contribution is 5.77. The van der Waals surface area contributed by atoms with Crippen molar-refractivity contribution in [2.45, 2.75) is 50.5 Å². The molecule has 8 nitrogen and oxygen atoms in total. The molecular formula is C28H31F2N7O. The van der Waals surface area contributed by atoms with Crippen LogP contribution in [0, 0.1) is 0 Å². The van der Waals surface area contributed by atoms with E-state index in [1.54, 1.807) is 24.3 Å². The summed E-state index contributed by atoms with van der Waals surface area (Å²) in [6.45, 7) is 2.34. The summed E-state index contributed by atoms with van der Waals surface area (Å²) in [6, 6.07) is 17.5. The average molecular weight is 520 g/mol. The molecule has 2 aromatic carbocycles. The minimum atomic E-state index is -2.79. The van der Waals surface area contributed by atoms with E-state index < -0.39 is 6.43 Å². The molecule has 0 bridgehead atoms. The predicted octanol–water partition coefficient (Wildman–Crippen LogP) is 5.34. The van der Waals surface area contributed by atoms with Crippen molar-refractivity contribution in [2.75, 3.05) is 36.5 Å². The maximum absolute atomic E-state index is 14.2. The lowest BCUT2D eigenvalue weighted by molar-refractivity contribution is 0.122. The quantitative estimate of drug-likeness (QED) is 0.353. The maximum atomic E-state index is 14.2. The minimum absolute atomic E-state index is 0.138. The van der Waals surface area contributed by atoms with Gasteiger partial charge in [0.2, 0.25) is 17.8 Å². The van der Waals surface area contributed by atoms with Gasteiger partial charge in [0.1, 0.15) is 0 Å². The summed E-state index contributed by atoms with van der Waals surface area (Å²) >= 11 is 0. The van der Waals surface area contributed by atoms with Crippen LogP contribution in [0.4, 0.5) is 20.7 Å². The van der Waals surface area contributed by atoms with Gasteiger partial charge in [-0.05, 0) is 37.0 Å². The van der Waals surface area contributed by atoms with Gasteiger partial charge in [-0.3, -0.25) is 4.57 Å². The van der Waals surface area contributed by atoms with E-state index >= 15 is 0 Å². The Morgan fingerprint density at radius 1 is 0.842 bits per heavy atom. The molecule has 0 radical (unpaired) electrons. The van der Waals surface area contributed by atoms with Crippen LogP contribution in [0.1, 0.15) is 49.9 Å². The third-order valence-corrected chi connectivity index (χ3v) is 7.46. The summed E-state index contributed by atoms with van der Waals surface area (Å²) in [5.74, 6) is 0.600. The SMILES string of the molecule is FC(F)c1nc2ccccc2n1-c1nc(NC2(Cc3ccccc3)CCCCC2)nc(N2CCOCC2)n1. The first-order chi connectivity index (χ1) is 18.6. The Hall–Kier alpha value is -3.66. The Bertz CT molecular complexity index is 1380. The summed E-state index contributed by atoms with van der Waals surface area (Å²) in [5, 5.41) is 3.68. The number of anilines is 2. The van der Waals surface area contributed by atoms with E-state index in [1.807, 2.05) is 11.0 Å². The third kappa shape index (κ3) is 5.05. The molecule has 2 aliphatic rings. The number of halogens is 2. The first-order valence-corrected chi connectivity index (χ1v) is 13.3. The summed E-state index contributed by atoms with van der Waals surface area (Å²) in [6.07, 6.45) is 3.41. The van der Waals surface area contributed by atoms with E-state index in [9.17, 15) is 8.78 Å². The number of nitrogens with zero attached hydrogens (tertiary/aromatic N) is 6. The number of aromatic nitrogens is 5. The van der Waals surface area contributed by atoms with Crippen molar-refractivity contribution >= 4 is 22.9 Å². The molecule has 4 aromatic rings. The molecule has 0 spiro atoms. The molecule has 1 aliphatic heterocycles. The Morgan fingerprint density at radius 3 is 2.32 bits per heavy atom. The molecule has 198 valence electrons. The number of nitrogens with one attached hydrogen (secondary N) is 1. The summed E-state index contributed by atoms with van der Waals surface area (Å²) < 4.78 is 35.3. The Balaban J connectivity index is 1.46. The normalized spacial score (nSPS) is 17.7. The Kier molecular flexibility index (Phi) is 6.88. The number of alkyl halides is 2. The molecule has 38 heavy (non-hydrogen) atoms. The van der Waals surface area contributed by atoms with Gasteiger partial charge in [-0.1, -0.05) is 61.7 Å².